The van der Waals surface area contributed by atoms with E-state index in [4.69, 9.17) is 11.6 Å². The van der Waals surface area contributed by atoms with Crippen LogP contribution in [0.1, 0.15) is 24.8 Å². The van der Waals surface area contributed by atoms with Crippen molar-refractivity contribution >= 4 is 35.2 Å². The zero-order chi connectivity index (χ0) is 15.4. The Labute approximate surface area is 134 Å². The largest absolute Gasteiger partial charge is 0.354 e. The number of hydrogen-bond acceptors (Lipinski definition) is 3. The summed E-state index contributed by atoms with van der Waals surface area (Å²) in [5.41, 5.74) is 0.881. The number of hydrogen-bond donors (Lipinski definition) is 1. The molecule has 0 saturated carbocycles. The van der Waals surface area contributed by atoms with E-state index in [0.717, 1.165) is 5.56 Å². The van der Waals surface area contributed by atoms with Crippen LogP contribution in [0.5, 0.6) is 0 Å². The maximum Gasteiger partial charge on any atom is 0.239 e. The molecular weight excluding hydrogens is 308 g/mol. The van der Waals surface area contributed by atoms with Crippen LogP contribution in [0.4, 0.5) is 0 Å². The summed E-state index contributed by atoms with van der Waals surface area (Å²) in [5, 5.41) is 3.28. The number of halogens is 1. The molecule has 0 spiro atoms. The Kier molecular flexibility index (Phi) is 5.53. The summed E-state index contributed by atoms with van der Waals surface area (Å²) in [5.74, 6) is 0.617. The summed E-state index contributed by atoms with van der Waals surface area (Å²) in [4.78, 5) is 25.6. The fourth-order valence-corrected chi connectivity index (χ4v) is 3.61. The van der Waals surface area contributed by atoms with Crippen LogP contribution in [0, 0.1) is 5.92 Å². The number of nitrogens with zero attached hydrogens (tertiary/aromatic N) is 1. The average Bonchev–Trinajstić information content (AvgIpc) is 2.79. The first-order valence-electron chi connectivity index (χ1n) is 6.91. The molecule has 1 unspecified atom stereocenters. The molecule has 1 fully saturated rings. The number of benzene rings is 1. The van der Waals surface area contributed by atoms with E-state index in [9.17, 15) is 9.59 Å². The second-order valence-corrected chi connectivity index (χ2v) is 6.88. The first kappa shape index (κ1) is 16.2. The van der Waals surface area contributed by atoms with Gasteiger partial charge >= 0.3 is 0 Å². The van der Waals surface area contributed by atoms with E-state index in [1.54, 1.807) is 11.0 Å². The Morgan fingerprint density at radius 1 is 1.48 bits per heavy atom. The summed E-state index contributed by atoms with van der Waals surface area (Å²) in [6.07, 6.45) is 0. The minimum atomic E-state index is -0.184. The molecule has 114 valence electrons. The summed E-state index contributed by atoms with van der Waals surface area (Å²) in [6, 6.07) is 7.45. The van der Waals surface area contributed by atoms with Gasteiger partial charge in [0, 0.05) is 17.1 Å². The van der Waals surface area contributed by atoms with Crippen molar-refractivity contribution in [2.45, 2.75) is 19.2 Å². The number of amides is 2. The molecule has 0 bridgehead atoms. The second-order valence-electron chi connectivity index (χ2n) is 5.40. The lowest BCUT2D eigenvalue weighted by atomic mass is 10.2. The highest BCUT2D eigenvalue weighted by molar-refractivity contribution is 8.00. The van der Waals surface area contributed by atoms with Crippen LogP contribution in [0.15, 0.2) is 24.3 Å². The Hall–Kier alpha value is -1.20. The van der Waals surface area contributed by atoms with Gasteiger partial charge in [0.05, 0.1) is 5.75 Å². The lowest BCUT2D eigenvalue weighted by molar-refractivity contribution is -0.133. The van der Waals surface area contributed by atoms with E-state index in [0.29, 0.717) is 23.2 Å². The highest BCUT2D eigenvalue weighted by Gasteiger charge is 2.34. The number of carbonyl (C=O) groups excluding carboxylic acids is 2. The Morgan fingerprint density at radius 2 is 2.19 bits per heavy atom. The van der Waals surface area contributed by atoms with Crippen LogP contribution < -0.4 is 5.32 Å². The monoisotopic (exact) mass is 326 g/mol. The fourth-order valence-electron chi connectivity index (χ4n) is 2.09. The molecule has 1 atom stereocenters. The van der Waals surface area contributed by atoms with E-state index in [-0.39, 0.29) is 23.7 Å². The minimum absolute atomic E-state index is 0.0235. The van der Waals surface area contributed by atoms with E-state index in [1.165, 1.54) is 11.8 Å². The van der Waals surface area contributed by atoms with Crippen molar-refractivity contribution in [3.05, 3.63) is 34.9 Å². The number of rotatable bonds is 5. The third-order valence-corrected chi connectivity index (χ3v) is 4.74. The van der Waals surface area contributed by atoms with Gasteiger partial charge in [0.25, 0.3) is 0 Å². The lowest BCUT2D eigenvalue weighted by Crippen LogP contribution is -2.40. The van der Waals surface area contributed by atoms with Gasteiger partial charge in [-0.1, -0.05) is 43.6 Å². The van der Waals surface area contributed by atoms with Gasteiger partial charge in [-0.25, -0.2) is 0 Å². The fraction of sp³-hybridized carbons (Fsp3) is 0.467. The van der Waals surface area contributed by atoms with Crippen LogP contribution in [0.3, 0.4) is 0 Å². The minimum Gasteiger partial charge on any atom is -0.354 e. The molecule has 0 aliphatic carbocycles. The van der Waals surface area contributed by atoms with E-state index in [1.807, 2.05) is 32.0 Å². The summed E-state index contributed by atoms with van der Waals surface area (Å²) < 4.78 is 0. The van der Waals surface area contributed by atoms with Crippen molar-refractivity contribution in [2.24, 2.45) is 5.92 Å². The number of thioether (sulfide) groups is 1. The van der Waals surface area contributed by atoms with Crippen LogP contribution in [-0.2, 0) is 9.59 Å². The van der Waals surface area contributed by atoms with Gasteiger partial charge in [0.1, 0.15) is 11.9 Å². The normalized spacial score (nSPS) is 18.4. The molecule has 6 heteroatoms. The molecule has 1 aliphatic rings. The molecule has 1 aromatic rings. The average molecular weight is 327 g/mol. The third-order valence-electron chi connectivity index (χ3n) is 3.16. The number of nitrogens with one attached hydrogen (secondary N) is 1. The first-order valence-corrected chi connectivity index (χ1v) is 8.34. The van der Waals surface area contributed by atoms with Crippen molar-refractivity contribution in [3.63, 3.8) is 0 Å². The van der Waals surface area contributed by atoms with E-state index < -0.39 is 0 Å². The molecule has 1 N–H and O–H groups in total. The zero-order valence-electron chi connectivity index (χ0n) is 12.1. The maximum absolute atomic E-state index is 12.0. The Balaban J connectivity index is 2.07. The Morgan fingerprint density at radius 3 is 2.86 bits per heavy atom. The first-order chi connectivity index (χ1) is 9.99. The van der Waals surface area contributed by atoms with Crippen molar-refractivity contribution < 1.29 is 9.59 Å². The van der Waals surface area contributed by atoms with Crippen LogP contribution in [0.2, 0.25) is 5.02 Å². The van der Waals surface area contributed by atoms with Crippen molar-refractivity contribution in [1.82, 2.24) is 10.2 Å². The summed E-state index contributed by atoms with van der Waals surface area (Å²) in [6.45, 7) is 4.76. The van der Waals surface area contributed by atoms with E-state index >= 15 is 0 Å². The predicted molar refractivity (Wildman–Crippen MR) is 86.2 cm³/mol. The molecule has 0 radical (unpaired) electrons. The second kappa shape index (κ2) is 7.18. The molecule has 2 amide bonds. The van der Waals surface area contributed by atoms with Crippen LogP contribution in [-0.4, -0.2) is 35.6 Å². The molecular formula is C15H19ClN2O2S. The summed E-state index contributed by atoms with van der Waals surface area (Å²) in [7, 11) is 0. The van der Waals surface area contributed by atoms with Crippen molar-refractivity contribution in [2.75, 3.05) is 18.8 Å². The predicted octanol–water partition coefficient (Wildman–Crippen LogP) is 2.69. The quantitative estimate of drug-likeness (QED) is 0.905. The van der Waals surface area contributed by atoms with Gasteiger partial charge in [-0.3, -0.25) is 9.59 Å². The lowest BCUT2D eigenvalue weighted by Gasteiger charge is -2.24. The van der Waals surface area contributed by atoms with Crippen molar-refractivity contribution in [3.8, 4) is 0 Å². The smallest absolute Gasteiger partial charge is 0.239 e. The van der Waals surface area contributed by atoms with Gasteiger partial charge in [-0.15, -0.1) is 11.8 Å². The van der Waals surface area contributed by atoms with Gasteiger partial charge in [-0.2, -0.15) is 0 Å². The number of carbonyl (C=O) groups is 2. The third kappa shape index (κ3) is 4.14. The van der Waals surface area contributed by atoms with Gasteiger partial charge in [0.2, 0.25) is 11.8 Å². The highest BCUT2D eigenvalue weighted by Crippen LogP contribution is 2.40. The van der Waals surface area contributed by atoms with Gasteiger partial charge in [0.15, 0.2) is 0 Å². The zero-order valence-corrected chi connectivity index (χ0v) is 13.7. The topological polar surface area (TPSA) is 49.4 Å². The Bertz CT molecular complexity index is 536. The van der Waals surface area contributed by atoms with Crippen LogP contribution >= 0.6 is 23.4 Å². The molecule has 21 heavy (non-hydrogen) atoms. The maximum atomic E-state index is 12.0. The van der Waals surface area contributed by atoms with Gasteiger partial charge in [-0.05, 0) is 12.0 Å². The summed E-state index contributed by atoms with van der Waals surface area (Å²) >= 11 is 7.71. The molecule has 1 heterocycles. The molecule has 2 rings (SSSR count). The molecule has 1 aromatic carbocycles. The standard InChI is InChI=1S/C15H19ClN2O2S/c1-10(2)7-17-13(19)8-18-14(20)9-21-15(18)11-5-3-4-6-12(11)16/h3-6,10,15H,7-9H2,1-2H3,(H,17,19). The molecule has 0 aromatic heterocycles. The molecule has 1 saturated heterocycles. The SMILES string of the molecule is CC(C)CNC(=O)CN1C(=O)CSC1c1ccccc1Cl. The molecule has 1 aliphatic heterocycles. The van der Waals surface area contributed by atoms with Crippen LogP contribution in [0.25, 0.3) is 0 Å². The molecule has 4 nitrogen and oxygen atoms in total. The van der Waals surface area contributed by atoms with Crippen molar-refractivity contribution in [1.29, 1.82) is 0 Å². The van der Waals surface area contributed by atoms with Gasteiger partial charge < -0.3 is 10.2 Å². The van der Waals surface area contributed by atoms with E-state index in [2.05, 4.69) is 5.32 Å². The highest BCUT2D eigenvalue weighted by atomic mass is 35.5.